The third-order valence-corrected chi connectivity index (χ3v) is 3.10. The summed E-state index contributed by atoms with van der Waals surface area (Å²) in [6.45, 7) is 1.95. The molecule has 1 aromatic heterocycles. The minimum atomic E-state index is -0.955. The highest BCUT2D eigenvalue weighted by molar-refractivity contribution is 5.74. The van der Waals surface area contributed by atoms with E-state index in [9.17, 15) is 4.79 Å². The molecule has 20 heavy (non-hydrogen) atoms. The van der Waals surface area contributed by atoms with Gasteiger partial charge in [0.1, 0.15) is 11.5 Å². The molecule has 5 nitrogen and oxygen atoms in total. The monoisotopic (exact) mass is 271 g/mol. The van der Waals surface area contributed by atoms with Crippen LogP contribution in [0.1, 0.15) is 11.1 Å². The van der Waals surface area contributed by atoms with E-state index in [2.05, 4.69) is 4.98 Å². The van der Waals surface area contributed by atoms with E-state index in [1.54, 1.807) is 24.4 Å². The number of pyridine rings is 1. The van der Waals surface area contributed by atoms with Crippen molar-refractivity contribution in [1.29, 1.82) is 0 Å². The summed E-state index contributed by atoms with van der Waals surface area (Å²) in [5, 5.41) is 8.95. The van der Waals surface area contributed by atoms with Gasteiger partial charge < -0.3 is 14.6 Å². The lowest BCUT2D eigenvalue weighted by molar-refractivity contribution is -0.144. The number of aryl methyl sites for hydroxylation is 1. The first kappa shape index (κ1) is 12.5. The lowest BCUT2D eigenvalue weighted by Crippen LogP contribution is -2.24. The van der Waals surface area contributed by atoms with Crippen LogP contribution >= 0.6 is 0 Å². The topological polar surface area (TPSA) is 68.7 Å². The minimum absolute atomic E-state index is 0.383. The van der Waals surface area contributed by atoms with E-state index >= 15 is 0 Å². The summed E-state index contributed by atoms with van der Waals surface area (Å²) >= 11 is 0. The van der Waals surface area contributed by atoms with E-state index in [1.807, 2.05) is 19.1 Å². The third-order valence-electron chi connectivity index (χ3n) is 3.10. The number of hydrogen-bond donors (Lipinski definition) is 1. The molecule has 0 radical (unpaired) electrons. The quantitative estimate of drug-likeness (QED) is 0.929. The Bertz CT molecular complexity index is 651. The smallest absolute Gasteiger partial charge is 0.345 e. The maximum atomic E-state index is 10.9. The zero-order chi connectivity index (χ0) is 14.1. The van der Waals surface area contributed by atoms with Crippen molar-refractivity contribution in [2.24, 2.45) is 0 Å². The number of ether oxygens (including phenoxy) is 2. The van der Waals surface area contributed by atoms with E-state index < -0.39 is 12.1 Å². The average Bonchev–Trinajstić information content (AvgIpc) is 2.85. The highest BCUT2D eigenvalue weighted by Gasteiger charge is 2.29. The summed E-state index contributed by atoms with van der Waals surface area (Å²) in [6.07, 6.45) is 1.30. The summed E-state index contributed by atoms with van der Waals surface area (Å²) < 4.78 is 11.0. The van der Waals surface area contributed by atoms with Crippen LogP contribution in [-0.2, 0) is 11.2 Å². The molecule has 1 aromatic carbocycles. The number of nitrogens with zero attached hydrogens (tertiary/aromatic N) is 1. The van der Waals surface area contributed by atoms with Crippen molar-refractivity contribution in [3.8, 4) is 17.4 Å². The van der Waals surface area contributed by atoms with Crippen LogP contribution in [0.2, 0.25) is 0 Å². The molecule has 5 heteroatoms. The number of carboxylic acid groups (broad SMARTS) is 1. The Labute approximate surface area is 115 Å². The molecular formula is C15H13NO4. The lowest BCUT2D eigenvalue weighted by Gasteiger charge is -2.07. The molecule has 2 heterocycles. The van der Waals surface area contributed by atoms with E-state index in [0.29, 0.717) is 23.8 Å². The first-order valence-electron chi connectivity index (χ1n) is 6.25. The molecule has 0 saturated heterocycles. The SMILES string of the molecule is Cc1ccc(Oc2ccc3c(c2)OC(C(=O)O)C3)nc1. The third kappa shape index (κ3) is 2.42. The van der Waals surface area contributed by atoms with Gasteiger partial charge in [0.25, 0.3) is 0 Å². The molecule has 0 amide bonds. The van der Waals surface area contributed by atoms with E-state index in [-0.39, 0.29) is 0 Å². The van der Waals surface area contributed by atoms with Crippen molar-refractivity contribution in [1.82, 2.24) is 4.98 Å². The summed E-state index contributed by atoms with van der Waals surface area (Å²) in [6, 6.07) is 8.99. The number of benzene rings is 1. The Kier molecular flexibility index (Phi) is 3.02. The van der Waals surface area contributed by atoms with Gasteiger partial charge in [0.05, 0.1) is 0 Å². The van der Waals surface area contributed by atoms with Crippen molar-refractivity contribution in [3.63, 3.8) is 0 Å². The standard InChI is InChI=1S/C15H13NO4/c1-9-2-5-14(16-8-9)19-11-4-3-10-6-13(15(17)18)20-12(10)7-11/h2-5,7-8,13H,6H2,1H3,(H,17,18). The fraction of sp³-hybridized carbons (Fsp3) is 0.200. The molecule has 1 unspecified atom stereocenters. The van der Waals surface area contributed by atoms with Gasteiger partial charge in [0.2, 0.25) is 5.88 Å². The van der Waals surface area contributed by atoms with Crippen molar-refractivity contribution in [2.45, 2.75) is 19.4 Å². The Hall–Kier alpha value is -2.56. The van der Waals surface area contributed by atoms with Crippen molar-refractivity contribution in [2.75, 3.05) is 0 Å². The second-order valence-corrected chi connectivity index (χ2v) is 4.69. The average molecular weight is 271 g/mol. The van der Waals surface area contributed by atoms with Gasteiger partial charge >= 0.3 is 5.97 Å². The first-order valence-corrected chi connectivity index (χ1v) is 6.25. The molecule has 0 bridgehead atoms. The van der Waals surface area contributed by atoms with Gasteiger partial charge in [-0.05, 0) is 24.1 Å². The van der Waals surface area contributed by atoms with Gasteiger partial charge in [0.15, 0.2) is 6.10 Å². The van der Waals surface area contributed by atoms with Crippen molar-refractivity contribution >= 4 is 5.97 Å². The Morgan fingerprint density at radius 2 is 2.25 bits per heavy atom. The maximum absolute atomic E-state index is 10.9. The largest absolute Gasteiger partial charge is 0.478 e. The molecule has 2 aromatic rings. The van der Waals surface area contributed by atoms with Crippen LogP contribution in [0.15, 0.2) is 36.5 Å². The van der Waals surface area contributed by atoms with E-state index in [0.717, 1.165) is 11.1 Å². The van der Waals surface area contributed by atoms with Gasteiger partial charge in [-0.3, -0.25) is 0 Å². The van der Waals surface area contributed by atoms with Crippen LogP contribution in [0, 0.1) is 6.92 Å². The molecule has 0 aliphatic carbocycles. The highest BCUT2D eigenvalue weighted by Crippen LogP contribution is 2.33. The molecule has 1 atom stereocenters. The summed E-state index contributed by atoms with van der Waals surface area (Å²) in [5.74, 6) is 0.667. The van der Waals surface area contributed by atoms with E-state index in [4.69, 9.17) is 14.6 Å². The molecule has 1 N–H and O–H groups in total. The van der Waals surface area contributed by atoms with Gasteiger partial charge in [0, 0.05) is 24.8 Å². The van der Waals surface area contributed by atoms with Gasteiger partial charge in [-0.15, -0.1) is 0 Å². The normalized spacial score (nSPS) is 16.4. The van der Waals surface area contributed by atoms with Crippen molar-refractivity contribution < 1.29 is 19.4 Å². The fourth-order valence-corrected chi connectivity index (χ4v) is 2.04. The Morgan fingerprint density at radius 3 is 2.95 bits per heavy atom. The summed E-state index contributed by atoms with van der Waals surface area (Å²) in [5.41, 5.74) is 1.93. The molecule has 102 valence electrons. The number of carbonyl (C=O) groups is 1. The van der Waals surface area contributed by atoms with Crippen LogP contribution in [-0.4, -0.2) is 22.2 Å². The predicted molar refractivity (Wildman–Crippen MR) is 71.2 cm³/mol. The Balaban J connectivity index is 1.79. The van der Waals surface area contributed by atoms with Gasteiger partial charge in [-0.1, -0.05) is 12.1 Å². The van der Waals surface area contributed by atoms with Crippen LogP contribution in [0.25, 0.3) is 0 Å². The second-order valence-electron chi connectivity index (χ2n) is 4.69. The van der Waals surface area contributed by atoms with E-state index in [1.165, 1.54) is 0 Å². The molecule has 0 spiro atoms. The number of hydrogen-bond acceptors (Lipinski definition) is 4. The molecule has 1 aliphatic heterocycles. The summed E-state index contributed by atoms with van der Waals surface area (Å²) in [4.78, 5) is 15.1. The van der Waals surface area contributed by atoms with Crippen LogP contribution in [0.5, 0.6) is 17.4 Å². The fourth-order valence-electron chi connectivity index (χ4n) is 2.04. The first-order chi connectivity index (χ1) is 9.61. The van der Waals surface area contributed by atoms with Crippen LogP contribution in [0.3, 0.4) is 0 Å². The predicted octanol–water partition coefficient (Wildman–Crippen LogP) is 2.57. The lowest BCUT2D eigenvalue weighted by atomic mass is 10.1. The number of fused-ring (bicyclic) bond motifs is 1. The van der Waals surface area contributed by atoms with Gasteiger partial charge in [-0.25, -0.2) is 9.78 Å². The molecular weight excluding hydrogens is 258 g/mol. The second kappa shape index (κ2) is 4.85. The number of carboxylic acids is 1. The number of rotatable bonds is 3. The maximum Gasteiger partial charge on any atom is 0.345 e. The van der Waals surface area contributed by atoms with Gasteiger partial charge in [-0.2, -0.15) is 0 Å². The number of aliphatic carboxylic acids is 1. The molecule has 0 fully saturated rings. The van der Waals surface area contributed by atoms with Crippen LogP contribution < -0.4 is 9.47 Å². The van der Waals surface area contributed by atoms with Crippen LogP contribution in [0.4, 0.5) is 0 Å². The number of aromatic nitrogens is 1. The summed E-state index contributed by atoms with van der Waals surface area (Å²) in [7, 11) is 0. The minimum Gasteiger partial charge on any atom is -0.478 e. The molecule has 1 aliphatic rings. The molecule has 0 saturated carbocycles. The molecule has 3 rings (SSSR count). The zero-order valence-electron chi connectivity index (χ0n) is 10.9. The zero-order valence-corrected chi connectivity index (χ0v) is 10.9. The van der Waals surface area contributed by atoms with Crippen molar-refractivity contribution in [3.05, 3.63) is 47.7 Å². The highest BCUT2D eigenvalue weighted by atomic mass is 16.5. The Morgan fingerprint density at radius 1 is 1.40 bits per heavy atom.